The minimum absolute atomic E-state index is 0.144. The van der Waals surface area contributed by atoms with Gasteiger partial charge in [-0.3, -0.25) is 29.7 Å². The summed E-state index contributed by atoms with van der Waals surface area (Å²) in [5.41, 5.74) is 30.7. The van der Waals surface area contributed by atoms with Crippen molar-refractivity contribution in [3.63, 3.8) is 0 Å². The van der Waals surface area contributed by atoms with Gasteiger partial charge in [0.15, 0.2) is 0 Å². The summed E-state index contributed by atoms with van der Waals surface area (Å²) in [7, 11) is 1.96. The van der Waals surface area contributed by atoms with Crippen molar-refractivity contribution in [2.24, 2.45) is 24.2 Å². The summed E-state index contributed by atoms with van der Waals surface area (Å²) in [6, 6.07) is 16.4. The largest absolute Gasteiger partial charge is 0.320 e. The van der Waals surface area contributed by atoms with Crippen LogP contribution in [0.4, 0.5) is 0 Å². The molecule has 6 aromatic heterocycles. The van der Waals surface area contributed by atoms with Crippen LogP contribution < -0.4 is 17.2 Å². The molecular formula is C39H45N11. The molecule has 7 N–H and O–H groups in total. The molecule has 9 rings (SSSR count). The number of aromatic nitrogens is 8. The van der Waals surface area contributed by atoms with Crippen molar-refractivity contribution in [2.75, 3.05) is 0 Å². The molecule has 3 aliphatic carbocycles. The molecule has 256 valence electrons. The first kappa shape index (κ1) is 33.4. The third-order valence-electron chi connectivity index (χ3n) is 10.1. The number of nitrogens with two attached hydrogens (primary N) is 3. The van der Waals surface area contributed by atoms with Crippen molar-refractivity contribution < 1.29 is 0 Å². The normalized spacial score (nSPS) is 17.1. The Morgan fingerprint density at radius 3 is 1.34 bits per heavy atom. The van der Waals surface area contributed by atoms with Gasteiger partial charge in [0.25, 0.3) is 0 Å². The second-order valence-electron chi connectivity index (χ2n) is 14.1. The third-order valence-corrected chi connectivity index (χ3v) is 10.1. The van der Waals surface area contributed by atoms with Crippen LogP contribution in [-0.4, -0.2) is 39.9 Å². The lowest BCUT2D eigenvalue weighted by atomic mass is 10.0. The molecule has 3 aliphatic rings. The van der Waals surface area contributed by atoms with Crippen LogP contribution in [0.25, 0.3) is 33.4 Å². The van der Waals surface area contributed by atoms with Crippen molar-refractivity contribution in [2.45, 2.75) is 75.9 Å². The van der Waals surface area contributed by atoms with Crippen molar-refractivity contribution in [1.82, 2.24) is 39.9 Å². The van der Waals surface area contributed by atoms with Gasteiger partial charge in [0.05, 0.1) is 45.6 Å². The van der Waals surface area contributed by atoms with E-state index >= 15 is 0 Å². The smallest absolute Gasteiger partial charge is 0.0675 e. The van der Waals surface area contributed by atoms with Gasteiger partial charge in [-0.05, 0) is 83.6 Å². The predicted molar refractivity (Wildman–Crippen MR) is 195 cm³/mol. The summed E-state index contributed by atoms with van der Waals surface area (Å²) in [5, 5.41) is 11.1. The van der Waals surface area contributed by atoms with Crippen LogP contribution in [-0.2, 0) is 23.7 Å². The van der Waals surface area contributed by atoms with Gasteiger partial charge >= 0.3 is 0 Å². The molecule has 0 saturated heterocycles. The number of aromatic amines is 1. The molecule has 0 bridgehead atoms. The van der Waals surface area contributed by atoms with Crippen LogP contribution in [0.15, 0.2) is 85.7 Å². The lowest BCUT2D eigenvalue weighted by Crippen LogP contribution is -2.20. The Balaban J connectivity index is 0.000000118. The van der Waals surface area contributed by atoms with Crippen LogP contribution in [0.1, 0.15) is 72.7 Å². The fourth-order valence-electron chi connectivity index (χ4n) is 5.97. The number of aryl methyl sites for hydroxylation is 3. The van der Waals surface area contributed by atoms with Crippen molar-refractivity contribution in [3.05, 3.63) is 120 Å². The quantitative estimate of drug-likeness (QED) is 0.169. The van der Waals surface area contributed by atoms with E-state index in [1.54, 1.807) is 6.20 Å². The van der Waals surface area contributed by atoms with E-state index in [0.29, 0.717) is 0 Å². The van der Waals surface area contributed by atoms with Crippen LogP contribution in [0.2, 0.25) is 0 Å². The second kappa shape index (κ2) is 13.0. The van der Waals surface area contributed by atoms with E-state index in [2.05, 4.69) is 60.4 Å². The molecule has 0 unspecified atom stereocenters. The highest BCUT2D eigenvalue weighted by molar-refractivity contribution is 5.68. The molecule has 0 aromatic carbocycles. The Kier molecular flexibility index (Phi) is 8.67. The number of pyridine rings is 4. The van der Waals surface area contributed by atoms with Crippen LogP contribution >= 0.6 is 0 Å². The van der Waals surface area contributed by atoms with E-state index in [0.717, 1.165) is 101 Å². The first-order valence-corrected chi connectivity index (χ1v) is 17.2. The van der Waals surface area contributed by atoms with Crippen molar-refractivity contribution >= 4 is 0 Å². The Morgan fingerprint density at radius 2 is 1.00 bits per heavy atom. The van der Waals surface area contributed by atoms with Crippen LogP contribution in [0.5, 0.6) is 0 Å². The average molecular weight is 668 g/mol. The first-order chi connectivity index (χ1) is 24.0. The van der Waals surface area contributed by atoms with Gasteiger partial charge < -0.3 is 17.2 Å². The van der Waals surface area contributed by atoms with Gasteiger partial charge in [-0.25, -0.2) is 0 Å². The van der Waals surface area contributed by atoms with Gasteiger partial charge in [0, 0.05) is 82.8 Å². The lowest BCUT2D eigenvalue weighted by Gasteiger charge is -2.09. The third kappa shape index (κ3) is 7.11. The summed E-state index contributed by atoms with van der Waals surface area (Å²) < 4.78 is 1.91. The van der Waals surface area contributed by atoms with E-state index in [1.165, 1.54) is 5.56 Å². The highest BCUT2D eigenvalue weighted by atomic mass is 15.3. The monoisotopic (exact) mass is 667 g/mol. The number of nitrogens with one attached hydrogen (secondary N) is 1. The van der Waals surface area contributed by atoms with Crippen molar-refractivity contribution in [1.29, 1.82) is 0 Å². The fourth-order valence-corrected chi connectivity index (χ4v) is 5.97. The molecule has 0 aliphatic heterocycles. The minimum Gasteiger partial charge on any atom is -0.320 e. The molecule has 0 atom stereocenters. The van der Waals surface area contributed by atoms with Gasteiger partial charge in [-0.2, -0.15) is 10.2 Å². The maximum atomic E-state index is 6.14. The zero-order valence-electron chi connectivity index (χ0n) is 29.2. The van der Waals surface area contributed by atoms with Gasteiger partial charge in [-0.1, -0.05) is 24.3 Å². The Morgan fingerprint density at radius 1 is 0.560 bits per heavy atom. The zero-order chi connectivity index (χ0) is 35.1. The molecule has 0 amide bonds. The summed E-state index contributed by atoms with van der Waals surface area (Å²) in [6.07, 6.45) is 17.4. The fraction of sp³-hybridized carbons (Fsp3) is 0.333. The average Bonchev–Trinajstić information content (AvgIpc) is 4.10. The molecule has 11 heteroatoms. The standard InChI is InChI=1S/C14H18N4.C14H15N3.C11H12N4/c1-9-13(10(2)18(3)17-9)11-4-5-12(16-8-11)14(15)6-7-14;1-10-2-3-11(8-16-10)12-4-5-13(17-9-12)14(15)6-7-14;12-11(3-4-11)10-2-1-8(5-13-10)9-6-14-15-7-9/h4-5,8H,6-7,15H2,1-3H3;2-5,8-9H,6-7,15H2,1H3;1-2,5-7H,3-4,12H2,(H,14,15). The molecule has 3 fully saturated rings. The molecule has 0 radical (unpaired) electrons. The number of hydrogen-bond donors (Lipinski definition) is 4. The molecule has 6 heterocycles. The van der Waals surface area contributed by atoms with Gasteiger partial charge in [-0.15, -0.1) is 0 Å². The minimum atomic E-state index is -0.155. The SMILES string of the molecule is Cc1ccc(-c2ccc(C3(N)CC3)nc2)cn1.Cc1nn(C)c(C)c1-c1ccc(C2(N)CC2)nc1.NC1(c2ccc(-c3cn[nH]c3)cn2)CC1. The van der Waals surface area contributed by atoms with E-state index in [4.69, 9.17) is 17.2 Å². The molecule has 3 saturated carbocycles. The Hall–Kier alpha value is -5.10. The maximum absolute atomic E-state index is 6.14. The van der Waals surface area contributed by atoms with Gasteiger partial charge in [0.1, 0.15) is 0 Å². The number of H-pyrrole nitrogens is 1. The van der Waals surface area contributed by atoms with E-state index in [1.807, 2.05) is 86.9 Å². The molecule has 0 spiro atoms. The Bertz CT molecular complexity index is 2050. The topological polar surface area (TPSA) is 176 Å². The number of hydrogen-bond acceptors (Lipinski definition) is 9. The highest BCUT2D eigenvalue weighted by Crippen LogP contribution is 2.43. The summed E-state index contributed by atoms with van der Waals surface area (Å²) in [4.78, 5) is 17.7. The molecule has 6 aromatic rings. The van der Waals surface area contributed by atoms with Crippen LogP contribution in [0, 0.1) is 20.8 Å². The van der Waals surface area contributed by atoms with Gasteiger partial charge in [0.2, 0.25) is 0 Å². The van der Waals surface area contributed by atoms with E-state index in [9.17, 15) is 0 Å². The Labute approximate surface area is 292 Å². The van der Waals surface area contributed by atoms with Crippen molar-refractivity contribution in [3.8, 4) is 33.4 Å². The second-order valence-corrected chi connectivity index (χ2v) is 14.1. The van der Waals surface area contributed by atoms with Crippen LogP contribution in [0.3, 0.4) is 0 Å². The molecule has 50 heavy (non-hydrogen) atoms. The number of nitrogens with zero attached hydrogens (tertiary/aromatic N) is 7. The predicted octanol–water partition coefficient (Wildman–Crippen LogP) is 5.87. The lowest BCUT2D eigenvalue weighted by molar-refractivity contribution is 0.708. The maximum Gasteiger partial charge on any atom is 0.0675 e. The zero-order valence-corrected chi connectivity index (χ0v) is 29.2. The summed E-state index contributed by atoms with van der Waals surface area (Å²) in [5.74, 6) is 0. The summed E-state index contributed by atoms with van der Waals surface area (Å²) >= 11 is 0. The van der Waals surface area contributed by atoms with E-state index < -0.39 is 0 Å². The highest BCUT2D eigenvalue weighted by Gasteiger charge is 2.42. The summed E-state index contributed by atoms with van der Waals surface area (Å²) in [6.45, 7) is 6.09. The first-order valence-electron chi connectivity index (χ1n) is 17.2. The number of rotatable bonds is 6. The van der Waals surface area contributed by atoms with E-state index in [-0.39, 0.29) is 16.6 Å². The molecular weight excluding hydrogens is 623 g/mol. The molecule has 11 nitrogen and oxygen atoms in total.